The van der Waals surface area contributed by atoms with E-state index in [4.69, 9.17) is 4.74 Å². The average molecular weight is 383 g/mol. The molecule has 1 aliphatic carbocycles. The predicted octanol–water partition coefficient (Wildman–Crippen LogP) is 5.38. The summed E-state index contributed by atoms with van der Waals surface area (Å²) in [7, 11) is 0. The van der Waals surface area contributed by atoms with Gasteiger partial charge in [0.25, 0.3) is 0 Å². The van der Waals surface area contributed by atoms with E-state index in [0.717, 1.165) is 46.8 Å². The van der Waals surface area contributed by atoms with Gasteiger partial charge in [0.05, 0.1) is 16.6 Å². The molecule has 1 fully saturated rings. The first-order chi connectivity index (χ1) is 11.8. The largest absolute Gasteiger partial charge is 0.364 e. The van der Waals surface area contributed by atoms with Gasteiger partial charge in [-0.3, -0.25) is 0 Å². The van der Waals surface area contributed by atoms with Crippen LogP contribution in [0.1, 0.15) is 36.9 Å². The van der Waals surface area contributed by atoms with Crippen molar-refractivity contribution in [3.05, 3.63) is 70.3 Å². The quantitative estimate of drug-likeness (QED) is 0.607. The second-order valence-corrected chi connectivity index (χ2v) is 7.15. The average Bonchev–Trinajstić information content (AvgIpc) is 3.11. The Morgan fingerprint density at radius 3 is 2.42 bits per heavy atom. The standard InChI is InChI=1S/C20H19BrN2O/c21-18-16-10-4-5-11-17(16)22-23-19(18)20(12-6-7-13-20)24-14-15-8-2-1-3-9-15/h1-5,8-11H,6-7,12-14H2. The highest BCUT2D eigenvalue weighted by molar-refractivity contribution is 9.10. The van der Waals surface area contributed by atoms with E-state index in [-0.39, 0.29) is 5.60 Å². The molecule has 3 aromatic rings. The van der Waals surface area contributed by atoms with Gasteiger partial charge in [0.1, 0.15) is 11.3 Å². The van der Waals surface area contributed by atoms with Crippen LogP contribution in [-0.4, -0.2) is 10.2 Å². The molecule has 0 unspecified atom stereocenters. The molecule has 1 heterocycles. The molecule has 4 rings (SSSR count). The van der Waals surface area contributed by atoms with Gasteiger partial charge in [-0.25, -0.2) is 0 Å². The van der Waals surface area contributed by atoms with Crippen molar-refractivity contribution in [2.24, 2.45) is 0 Å². The van der Waals surface area contributed by atoms with Gasteiger partial charge in [0, 0.05) is 5.39 Å². The number of nitrogens with zero attached hydrogens (tertiary/aromatic N) is 2. The van der Waals surface area contributed by atoms with Crippen LogP contribution in [-0.2, 0) is 16.9 Å². The molecule has 1 aromatic heterocycles. The molecule has 0 spiro atoms. The van der Waals surface area contributed by atoms with E-state index in [9.17, 15) is 0 Å². The van der Waals surface area contributed by atoms with Crippen molar-refractivity contribution in [1.29, 1.82) is 0 Å². The van der Waals surface area contributed by atoms with Gasteiger partial charge in [0.2, 0.25) is 0 Å². The van der Waals surface area contributed by atoms with Crippen LogP contribution < -0.4 is 0 Å². The van der Waals surface area contributed by atoms with E-state index >= 15 is 0 Å². The van der Waals surface area contributed by atoms with Crippen LogP contribution in [0.25, 0.3) is 10.9 Å². The lowest BCUT2D eigenvalue weighted by Gasteiger charge is -2.29. The highest BCUT2D eigenvalue weighted by atomic mass is 79.9. The Hall–Kier alpha value is -1.78. The second-order valence-electron chi connectivity index (χ2n) is 6.36. The number of hydrogen-bond acceptors (Lipinski definition) is 3. The summed E-state index contributed by atoms with van der Waals surface area (Å²) in [5.41, 5.74) is 2.69. The zero-order valence-corrected chi connectivity index (χ0v) is 15.0. The topological polar surface area (TPSA) is 35.0 Å². The molecule has 2 aromatic carbocycles. The highest BCUT2D eigenvalue weighted by Gasteiger charge is 2.40. The Kier molecular flexibility index (Phi) is 4.33. The Morgan fingerprint density at radius 2 is 1.62 bits per heavy atom. The van der Waals surface area contributed by atoms with Crippen LogP contribution >= 0.6 is 15.9 Å². The van der Waals surface area contributed by atoms with E-state index in [0.29, 0.717) is 6.61 Å². The van der Waals surface area contributed by atoms with Gasteiger partial charge < -0.3 is 4.74 Å². The Bertz CT molecular complexity index is 845. The van der Waals surface area contributed by atoms with Crippen molar-refractivity contribution < 1.29 is 4.74 Å². The van der Waals surface area contributed by atoms with Crippen molar-refractivity contribution in [2.75, 3.05) is 0 Å². The van der Waals surface area contributed by atoms with Crippen LogP contribution in [0.2, 0.25) is 0 Å². The van der Waals surface area contributed by atoms with Crippen molar-refractivity contribution in [2.45, 2.75) is 37.9 Å². The Morgan fingerprint density at radius 1 is 0.917 bits per heavy atom. The van der Waals surface area contributed by atoms with E-state index < -0.39 is 0 Å². The highest BCUT2D eigenvalue weighted by Crippen LogP contribution is 2.45. The molecule has 0 amide bonds. The summed E-state index contributed by atoms with van der Waals surface area (Å²) in [6, 6.07) is 18.4. The Labute approximate surface area is 150 Å². The molecule has 1 aliphatic rings. The minimum absolute atomic E-state index is 0.342. The second kappa shape index (κ2) is 6.61. The number of hydrogen-bond donors (Lipinski definition) is 0. The zero-order valence-electron chi connectivity index (χ0n) is 13.4. The fourth-order valence-corrected chi connectivity index (χ4v) is 4.28. The van der Waals surface area contributed by atoms with Crippen LogP contribution in [0.4, 0.5) is 0 Å². The van der Waals surface area contributed by atoms with Gasteiger partial charge in [-0.2, -0.15) is 10.2 Å². The third-order valence-electron chi connectivity index (χ3n) is 4.81. The predicted molar refractivity (Wildman–Crippen MR) is 98.6 cm³/mol. The summed E-state index contributed by atoms with van der Waals surface area (Å²) >= 11 is 3.77. The normalized spacial score (nSPS) is 16.5. The molecule has 0 aliphatic heterocycles. The van der Waals surface area contributed by atoms with Crippen molar-refractivity contribution >= 4 is 26.8 Å². The van der Waals surface area contributed by atoms with Crippen molar-refractivity contribution in [3.63, 3.8) is 0 Å². The number of rotatable bonds is 4. The minimum atomic E-state index is -0.342. The molecule has 0 N–H and O–H groups in total. The molecule has 4 heteroatoms. The summed E-state index contributed by atoms with van der Waals surface area (Å²) in [6.07, 6.45) is 4.31. The number of halogens is 1. The van der Waals surface area contributed by atoms with E-state index in [1.165, 1.54) is 5.56 Å². The van der Waals surface area contributed by atoms with Crippen LogP contribution in [0, 0.1) is 0 Å². The lowest BCUT2D eigenvalue weighted by Crippen LogP contribution is -2.28. The molecular formula is C20H19BrN2O. The van der Waals surface area contributed by atoms with Crippen molar-refractivity contribution in [3.8, 4) is 0 Å². The molecule has 24 heavy (non-hydrogen) atoms. The molecule has 0 bridgehead atoms. The van der Waals surface area contributed by atoms with Gasteiger partial charge in [-0.05, 0) is 40.4 Å². The van der Waals surface area contributed by atoms with Gasteiger partial charge in [-0.15, -0.1) is 0 Å². The van der Waals surface area contributed by atoms with Crippen LogP contribution in [0.3, 0.4) is 0 Å². The number of ether oxygens (including phenoxy) is 1. The SMILES string of the molecule is Brc1c(C2(OCc3ccccc3)CCCC2)nnc2ccccc12. The fourth-order valence-electron chi connectivity index (χ4n) is 3.50. The first kappa shape index (κ1) is 15.7. The molecule has 0 radical (unpaired) electrons. The molecule has 0 atom stereocenters. The monoisotopic (exact) mass is 382 g/mol. The summed E-state index contributed by atoms with van der Waals surface area (Å²) in [4.78, 5) is 0. The maximum Gasteiger partial charge on any atom is 0.113 e. The molecule has 3 nitrogen and oxygen atoms in total. The third kappa shape index (κ3) is 2.85. The van der Waals surface area contributed by atoms with Crippen LogP contribution in [0.15, 0.2) is 59.1 Å². The summed E-state index contributed by atoms with van der Waals surface area (Å²) in [5.74, 6) is 0. The minimum Gasteiger partial charge on any atom is -0.364 e. The first-order valence-electron chi connectivity index (χ1n) is 8.38. The van der Waals surface area contributed by atoms with E-state index in [1.807, 2.05) is 36.4 Å². The third-order valence-corrected chi connectivity index (χ3v) is 5.61. The molecule has 0 saturated heterocycles. The molecule has 122 valence electrons. The number of fused-ring (bicyclic) bond motifs is 1. The van der Waals surface area contributed by atoms with E-state index in [1.54, 1.807) is 0 Å². The van der Waals surface area contributed by atoms with Gasteiger partial charge in [0.15, 0.2) is 0 Å². The molecule has 1 saturated carbocycles. The first-order valence-corrected chi connectivity index (χ1v) is 9.17. The van der Waals surface area contributed by atoms with Gasteiger partial charge in [-0.1, -0.05) is 61.4 Å². The lowest BCUT2D eigenvalue weighted by molar-refractivity contribution is -0.0612. The maximum absolute atomic E-state index is 6.46. The van der Waals surface area contributed by atoms with Crippen molar-refractivity contribution in [1.82, 2.24) is 10.2 Å². The van der Waals surface area contributed by atoms with Crippen LogP contribution in [0.5, 0.6) is 0 Å². The fraction of sp³-hybridized carbons (Fsp3) is 0.300. The lowest BCUT2D eigenvalue weighted by atomic mass is 9.96. The number of benzene rings is 2. The summed E-state index contributed by atoms with van der Waals surface area (Å²) in [5, 5.41) is 10.1. The summed E-state index contributed by atoms with van der Waals surface area (Å²) < 4.78 is 7.48. The van der Waals surface area contributed by atoms with Gasteiger partial charge >= 0.3 is 0 Å². The maximum atomic E-state index is 6.46. The Balaban J connectivity index is 1.71. The zero-order chi connectivity index (χ0) is 16.4. The molecular weight excluding hydrogens is 364 g/mol. The number of aromatic nitrogens is 2. The van der Waals surface area contributed by atoms with E-state index in [2.05, 4.69) is 44.3 Å². The summed E-state index contributed by atoms with van der Waals surface area (Å²) in [6.45, 7) is 0.599. The smallest absolute Gasteiger partial charge is 0.113 e.